The van der Waals surface area contributed by atoms with E-state index in [2.05, 4.69) is 21.9 Å². The van der Waals surface area contributed by atoms with E-state index in [0.29, 0.717) is 18.1 Å². The van der Waals surface area contributed by atoms with Crippen molar-refractivity contribution in [3.8, 4) is 5.75 Å². The molecule has 0 bridgehead atoms. The molecule has 5 nitrogen and oxygen atoms in total. The SMILES string of the molecule is CCOc1cccc(CN2CCN(CC3CC3)[C@@H]3CS(=O)(=O)C[C@@H]32)c1. The molecule has 3 aliphatic rings. The summed E-state index contributed by atoms with van der Waals surface area (Å²) in [5, 5.41) is 0. The summed E-state index contributed by atoms with van der Waals surface area (Å²) in [5.74, 6) is 2.34. The minimum absolute atomic E-state index is 0.133. The second-order valence-electron chi connectivity index (χ2n) is 7.70. The number of fused-ring (bicyclic) bond motifs is 1. The summed E-state index contributed by atoms with van der Waals surface area (Å²) in [6, 6.07) is 8.49. The largest absolute Gasteiger partial charge is 0.494 e. The number of sulfone groups is 1. The summed E-state index contributed by atoms with van der Waals surface area (Å²) in [4.78, 5) is 4.84. The summed E-state index contributed by atoms with van der Waals surface area (Å²) in [6.07, 6.45) is 2.63. The van der Waals surface area contributed by atoms with Crippen molar-refractivity contribution in [1.82, 2.24) is 9.80 Å². The second-order valence-corrected chi connectivity index (χ2v) is 9.85. The minimum Gasteiger partial charge on any atom is -0.494 e. The van der Waals surface area contributed by atoms with Gasteiger partial charge in [-0.05, 0) is 43.4 Å². The quantitative estimate of drug-likeness (QED) is 0.770. The van der Waals surface area contributed by atoms with E-state index in [9.17, 15) is 8.42 Å². The predicted octanol–water partition coefficient (Wildman–Crippen LogP) is 1.78. The van der Waals surface area contributed by atoms with Crippen molar-refractivity contribution in [3.63, 3.8) is 0 Å². The maximum atomic E-state index is 12.3. The van der Waals surface area contributed by atoms with Crippen LogP contribution in [0.25, 0.3) is 0 Å². The van der Waals surface area contributed by atoms with Gasteiger partial charge >= 0.3 is 0 Å². The lowest BCUT2D eigenvalue weighted by Crippen LogP contribution is -2.59. The monoisotopic (exact) mass is 364 g/mol. The summed E-state index contributed by atoms with van der Waals surface area (Å²) in [6.45, 7) is 6.46. The standard InChI is InChI=1S/C19H28N2O3S/c1-2-24-17-5-3-4-16(10-17)12-21-9-8-20(11-15-6-7-15)18-13-25(22,23)14-19(18)21/h3-5,10,15,18-19H,2,6-9,11-14H2,1H3/t18-,19+/m1/s1. The third-order valence-corrected chi connectivity index (χ3v) is 7.39. The molecule has 0 spiro atoms. The van der Waals surface area contributed by atoms with E-state index >= 15 is 0 Å². The topological polar surface area (TPSA) is 49.9 Å². The third-order valence-electron chi connectivity index (χ3n) is 5.69. The molecule has 0 aromatic heterocycles. The number of piperazine rings is 1. The molecule has 3 fully saturated rings. The molecule has 1 aromatic rings. The highest BCUT2D eigenvalue weighted by molar-refractivity contribution is 7.91. The molecule has 2 aliphatic heterocycles. The van der Waals surface area contributed by atoms with Crippen molar-refractivity contribution < 1.29 is 13.2 Å². The van der Waals surface area contributed by atoms with Crippen LogP contribution < -0.4 is 4.74 Å². The predicted molar refractivity (Wildman–Crippen MR) is 98.5 cm³/mol. The van der Waals surface area contributed by atoms with Gasteiger partial charge in [-0.15, -0.1) is 0 Å². The average Bonchev–Trinajstić information content (AvgIpc) is 3.31. The zero-order valence-corrected chi connectivity index (χ0v) is 15.7. The fourth-order valence-electron chi connectivity index (χ4n) is 4.29. The Balaban J connectivity index is 1.49. The van der Waals surface area contributed by atoms with Crippen LogP contribution in [0.1, 0.15) is 25.3 Å². The number of rotatable bonds is 6. The Bertz CT molecular complexity index is 717. The van der Waals surface area contributed by atoms with Crippen molar-refractivity contribution in [2.75, 3.05) is 37.7 Å². The molecule has 0 unspecified atom stereocenters. The molecular weight excluding hydrogens is 336 g/mol. The fraction of sp³-hybridized carbons (Fsp3) is 0.684. The van der Waals surface area contributed by atoms with E-state index in [0.717, 1.165) is 37.8 Å². The lowest BCUT2D eigenvalue weighted by Gasteiger charge is -2.44. The molecule has 25 heavy (non-hydrogen) atoms. The van der Waals surface area contributed by atoms with Gasteiger partial charge in [0.05, 0.1) is 18.1 Å². The van der Waals surface area contributed by atoms with Crippen molar-refractivity contribution in [1.29, 1.82) is 0 Å². The van der Waals surface area contributed by atoms with Gasteiger partial charge in [-0.1, -0.05) is 12.1 Å². The maximum Gasteiger partial charge on any atom is 0.153 e. The number of hydrogen-bond donors (Lipinski definition) is 0. The molecular formula is C19H28N2O3S. The molecule has 2 saturated heterocycles. The Kier molecular flexibility index (Phi) is 4.77. The Hall–Kier alpha value is -1.11. The number of hydrogen-bond acceptors (Lipinski definition) is 5. The molecule has 0 N–H and O–H groups in total. The highest BCUT2D eigenvalue weighted by Gasteiger charge is 2.47. The van der Waals surface area contributed by atoms with Gasteiger partial charge in [0.15, 0.2) is 9.84 Å². The zero-order chi connectivity index (χ0) is 17.4. The first-order valence-corrected chi connectivity index (χ1v) is 11.3. The van der Waals surface area contributed by atoms with Crippen molar-refractivity contribution in [2.24, 2.45) is 5.92 Å². The Morgan fingerprint density at radius 2 is 1.84 bits per heavy atom. The van der Waals surface area contributed by atoms with Gasteiger partial charge in [0.1, 0.15) is 5.75 Å². The van der Waals surface area contributed by atoms with Crippen LogP contribution >= 0.6 is 0 Å². The fourth-order valence-corrected chi connectivity index (χ4v) is 6.33. The molecule has 4 rings (SSSR count). The van der Waals surface area contributed by atoms with E-state index < -0.39 is 9.84 Å². The summed E-state index contributed by atoms with van der Waals surface area (Å²) in [5.41, 5.74) is 1.20. The molecule has 2 heterocycles. The van der Waals surface area contributed by atoms with Gasteiger partial charge in [-0.25, -0.2) is 8.42 Å². The number of benzene rings is 1. The van der Waals surface area contributed by atoms with Crippen LogP contribution in [0, 0.1) is 5.92 Å². The van der Waals surface area contributed by atoms with E-state index in [1.165, 1.54) is 18.4 Å². The Labute approximate surface area is 150 Å². The first-order valence-electron chi connectivity index (χ1n) is 9.44. The highest BCUT2D eigenvalue weighted by Crippen LogP contribution is 2.34. The van der Waals surface area contributed by atoms with Crippen LogP contribution in [0.4, 0.5) is 0 Å². The van der Waals surface area contributed by atoms with Crippen LogP contribution in [0.15, 0.2) is 24.3 Å². The Morgan fingerprint density at radius 1 is 1.12 bits per heavy atom. The molecule has 0 radical (unpaired) electrons. The number of nitrogens with zero attached hydrogens (tertiary/aromatic N) is 2. The molecule has 6 heteroatoms. The molecule has 1 aliphatic carbocycles. The van der Waals surface area contributed by atoms with Gasteiger partial charge in [-0.2, -0.15) is 0 Å². The van der Waals surface area contributed by atoms with Gasteiger partial charge < -0.3 is 4.74 Å². The van der Waals surface area contributed by atoms with Crippen molar-refractivity contribution >= 4 is 9.84 Å². The highest BCUT2D eigenvalue weighted by atomic mass is 32.2. The van der Waals surface area contributed by atoms with Crippen LogP contribution in [-0.4, -0.2) is 68.0 Å². The average molecular weight is 365 g/mol. The number of ether oxygens (including phenoxy) is 1. The van der Waals surface area contributed by atoms with E-state index in [4.69, 9.17) is 4.74 Å². The smallest absolute Gasteiger partial charge is 0.153 e. The van der Waals surface area contributed by atoms with Crippen LogP contribution in [0.5, 0.6) is 5.75 Å². The van der Waals surface area contributed by atoms with E-state index in [1.807, 2.05) is 19.1 Å². The molecule has 1 aromatic carbocycles. The van der Waals surface area contributed by atoms with Gasteiger partial charge in [-0.3, -0.25) is 9.80 Å². The Morgan fingerprint density at radius 3 is 2.56 bits per heavy atom. The van der Waals surface area contributed by atoms with E-state index in [-0.39, 0.29) is 12.1 Å². The lowest BCUT2D eigenvalue weighted by molar-refractivity contribution is 0.0376. The first kappa shape index (κ1) is 17.3. The van der Waals surface area contributed by atoms with E-state index in [1.54, 1.807) is 0 Å². The summed E-state index contributed by atoms with van der Waals surface area (Å²) in [7, 11) is -2.93. The van der Waals surface area contributed by atoms with Crippen LogP contribution in [0.3, 0.4) is 0 Å². The third kappa shape index (κ3) is 4.01. The molecule has 138 valence electrons. The zero-order valence-electron chi connectivity index (χ0n) is 14.9. The molecule has 2 atom stereocenters. The van der Waals surface area contributed by atoms with Crippen molar-refractivity contribution in [3.05, 3.63) is 29.8 Å². The molecule has 0 amide bonds. The van der Waals surface area contributed by atoms with Crippen LogP contribution in [-0.2, 0) is 16.4 Å². The molecule has 1 saturated carbocycles. The van der Waals surface area contributed by atoms with Crippen LogP contribution in [0.2, 0.25) is 0 Å². The second kappa shape index (κ2) is 6.89. The maximum absolute atomic E-state index is 12.3. The lowest BCUT2D eigenvalue weighted by atomic mass is 10.0. The van der Waals surface area contributed by atoms with Gasteiger partial charge in [0, 0.05) is 38.3 Å². The minimum atomic E-state index is -2.93. The summed E-state index contributed by atoms with van der Waals surface area (Å²) < 4.78 is 30.2. The van der Waals surface area contributed by atoms with Gasteiger partial charge in [0.2, 0.25) is 0 Å². The normalized spacial score (nSPS) is 29.5. The van der Waals surface area contributed by atoms with Crippen molar-refractivity contribution in [2.45, 2.75) is 38.4 Å². The first-order chi connectivity index (χ1) is 12.0. The summed E-state index contributed by atoms with van der Waals surface area (Å²) >= 11 is 0. The van der Waals surface area contributed by atoms with Gasteiger partial charge in [0.25, 0.3) is 0 Å².